The number of benzene rings is 2. The van der Waals surface area contributed by atoms with Gasteiger partial charge in [-0.3, -0.25) is 0 Å². The number of hydrogen-bond acceptors (Lipinski definition) is 3. The van der Waals surface area contributed by atoms with Gasteiger partial charge in [-0.25, -0.2) is 0 Å². The molecule has 0 saturated carbocycles. The van der Waals surface area contributed by atoms with Gasteiger partial charge in [0.15, 0.2) is 0 Å². The highest BCUT2D eigenvalue weighted by atomic mass is 16.5. The summed E-state index contributed by atoms with van der Waals surface area (Å²) < 4.78 is 11.2. The van der Waals surface area contributed by atoms with Gasteiger partial charge in [0.1, 0.15) is 11.5 Å². The molecule has 0 saturated heterocycles. The number of rotatable bonds is 5. The maximum absolute atomic E-state index is 5.74. The summed E-state index contributed by atoms with van der Waals surface area (Å²) in [5, 5.41) is 5.00. The van der Waals surface area contributed by atoms with Crippen LogP contribution >= 0.6 is 0 Å². The number of methoxy groups -OCH3 is 1. The Hall–Kier alpha value is -2.46. The molecule has 142 valence electrons. The number of ether oxygens (including phenoxy) is 2. The predicted molar refractivity (Wildman–Crippen MR) is 110 cm³/mol. The fourth-order valence-electron chi connectivity index (χ4n) is 4.17. The van der Waals surface area contributed by atoms with Gasteiger partial charge < -0.3 is 19.8 Å². The van der Waals surface area contributed by atoms with Gasteiger partial charge in [0, 0.05) is 23.1 Å². The lowest BCUT2D eigenvalue weighted by atomic mass is 9.87. The van der Waals surface area contributed by atoms with Crippen molar-refractivity contribution in [3.8, 4) is 11.5 Å². The summed E-state index contributed by atoms with van der Waals surface area (Å²) in [6, 6.07) is 13.0. The number of hydrogen-bond donors (Lipinski definition) is 2. The third kappa shape index (κ3) is 3.19. The molecule has 4 heteroatoms. The van der Waals surface area contributed by atoms with E-state index in [1.807, 2.05) is 13.0 Å². The van der Waals surface area contributed by atoms with E-state index in [0.717, 1.165) is 24.5 Å². The van der Waals surface area contributed by atoms with E-state index in [9.17, 15) is 0 Å². The average Bonchev–Trinajstić information content (AvgIpc) is 3.06. The Morgan fingerprint density at radius 2 is 1.93 bits per heavy atom. The van der Waals surface area contributed by atoms with Crippen molar-refractivity contribution in [2.45, 2.75) is 39.2 Å². The van der Waals surface area contributed by atoms with Crippen LogP contribution in [0.4, 0.5) is 0 Å². The SMILES string of the molecule is CCOc1ccc(C2NCCc3c2[nH]c2ccc(OC)cc32)c(C(C)C)c1. The van der Waals surface area contributed by atoms with Crippen LogP contribution in [0.5, 0.6) is 11.5 Å². The first-order valence-electron chi connectivity index (χ1n) is 9.80. The monoisotopic (exact) mass is 364 g/mol. The van der Waals surface area contributed by atoms with E-state index < -0.39 is 0 Å². The predicted octanol–water partition coefficient (Wildman–Crippen LogP) is 4.93. The molecule has 0 bridgehead atoms. The Bertz CT molecular complexity index is 958. The Labute approximate surface area is 160 Å². The molecule has 2 aromatic carbocycles. The molecule has 27 heavy (non-hydrogen) atoms. The molecule has 4 nitrogen and oxygen atoms in total. The third-order valence-electron chi connectivity index (χ3n) is 5.46. The lowest BCUT2D eigenvalue weighted by molar-refractivity contribution is 0.339. The zero-order valence-corrected chi connectivity index (χ0v) is 16.6. The molecular weight excluding hydrogens is 336 g/mol. The van der Waals surface area contributed by atoms with E-state index in [0.29, 0.717) is 12.5 Å². The largest absolute Gasteiger partial charge is 0.497 e. The molecule has 2 heterocycles. The highest BCUT2D eigenvalue weighted by molar-refractivity contribution is 5.86. The van der Waals surface area contributed by atoms with Gasteiger partial charge in [-0.2, -0.15) is 0 Å². The molecule has 4 rings (SSSR count). The minimum absolute atomic E-state index is 0.167. The number of nitrogens with one attached hydrogen (secondary N) is 2. The Morgan fingerprint density at radius 1 is 1.11 bits per heavy atom. The van der Waals surface area contributed by atoms with E-state index in [1.165, 1.54) is 33.3 Å². The molecule has 0 aliphatic carbocycles. The van der Waals surface area contributed by atoms with Crippen molar-refractivity contribution in [3.05, 3.63) is 58.8 Å². The quantitative estimate of drug-likeness (QED) is 0.674. The molecule has 1 atom stereocenters. The van der Waals surface area contributed by atoms with Crippen molar-refractivity contribution < 1.29 is 9.47 Å². The summed E-state index contributed by atoms with van der Waals surface area (Å²) in [6.45, 7) is 8.17. The molecule has 0 fully saturated rings. The summed E-state index contributed by atoms with van der Waals surface area (Å²) in [7, 11) is 1.72. The topological polar surface area (TPSA) is 46.3 Å². The fourth-order valence-corrected chi connectivity index (χ4v) is 4.17. The second-order valence-corrected chi connectivity index (χ2v) is 7.44. The van der Waals surface area contributed by atoms with Gasteiger partial charge in [0.2, 0.25) is 0 Å². The van der Waals surface area contributed by atoms with E-state index in [2.05, 4.69) is 54.5 Å². The summed E-state index contributed by atoms with van der Waals surface area (Å²) in [6.07, 6.45) is 1.02. The van der Waals surface area contributed by atoms with Crippen LogP contribution in [0.1, 0.15) is 55.1 Å². The molecule has 0 radical (unpaired) electrons. The number of H-pyrrole nitrogens is 1. The van der Waals surface area contributed by atoms with Crippen LogP contribution < -0.4 is 14.8 Å². The summed E-state index contributed by atoms with van der Waals surface area (Å²) in [4.78, 5) is 3.67. The molecular formula is C23H28N2O2. The molecule has 1 aliphatic heterocycles. The Balaban J connectivity index is 1.83. The van der Waals surface area contributed by atoms with Crippen LogP contribution in [-0.4, -0.2) is 25.2 Å². The minimum atomic E-state index is 0.167. The lowest BCUT2D eigenvalue weighted by Crippen LogP contribution is -2.31. The fraction of sp³-hybridized carbons (Fsp3) is 0.391. The van der Waals surface area contributed by atoms with E-state index in [-0.39, 0.29) is 6.04 Å². The summed E-state index contributed by atoms with van der Waals surface area (Å²) in [5.74, 6) is 2.28. The smallest absolute Gasteiger partial charge is 0.119 e. The third-order valence-corrected chi connectivity index (χ3v) is 5.46. The molecule has 1 aliphatic rings. The molecule has 2 N–H and O–H groups in total. The van der Waals surface area contributed by atoms with Crippen LogP contribution in [0, 0.1) is 0 Å². The van der Waals surface area contributed by atoms with Gasteiger partial charge in [-0.05, 0) is 66.3 Å². The van der Waals surface area contributed by atoms with Crippen LogP contribution in [0.15, 0.2) is 36.4 Å². The van der Waals surface area contributed by atoms with Crippen molar-refractivity contribution in [2.75, 3.05) is 20.3 Å². The zero-order chi connectivity index (χ0) is 19.0. The standard InChI is InChI=1S/C23H28N2O2/c1-5-27-16-6-8-17(19(13-16)14(2)3)22-23-18(10-11-24-22)20-12-15(26-4)7-9-21(20)25-23/h6-9,12-14,22,24-25H,5,10-11H2,1-4H3. The maximum Gasteiger partial charge on any atom is 0.119 e. The Morgan fingerprint density at radius 3 is 2.67 bits per heavy atom. The minimum Gasteiger partial charge on any atom is -0.497 e. The molecule has 0 amide bonds. The van der Waals surface area contributed by atoms with Gasteiger partial charge >= 0.3 is 0 Å². The van der Waals surface area contributed by atoms with Gasteiger partial charge in [-0.15, -0.1) is 0 Å². The van der Waals surface area contributed by atoms with Crippen molar-refractivity contribution in [2.24, 2.45) is 0 Å². The first-order valence-corrected chi connectivity index (χ1v) is 9.80. The molecule has 3 aromatic rings. The first kappa shape index (κ1) is 17.9. The van der Waals surface area contributed by atoms with Crippen LogP contribution in [0.2, 0.25) is 0 Å². The zero-order valence-electron chi connectivity index (χ0n) is 16.6. The number of fused-ring (bicyclic) bond motifs is 3. The van der Waals surface area contributed by atoms with Crippen LogP contribution in [-0.2, 0) is 6.42 Å². The van der Waals surface area contributed by atoms with Gasteiger partial charge in [-0.1, -0.05) is 19.9 Å². The van der Waals surface area contributed by atoms with Gasteiger partial charge in [0.05, 0.1) is 19.8 Å². The number of aromatic nitrogens is 1. The molecule has 1 unspecified atom stereocenters. The van der Waals surface area contributed by atoms with E-state index in [4.69, 9.17) is 9.47 Å². The molecule has 1 aromatic heterocycles. The second-order valence-electron chi connectivity index (χ2n) is 7.44. The Kier molecular flexibility index (Phi) is 4.83. The highest BCUT2D eigenvalue weighted by Crippen LogP contribution is 2.38. The second kappa shape index (κ2) is 7.28. The lowest BCUT2D eigenvalue weighted by Gasteiger charge is -2.28. The van der Waals surface area contributed by atoms with Crippen LogP contribution in [0.25, 0.3) is 10.9 Å². The van der Waals surface area contributed by atoms with Gasteiger partial charge in [0.25, 0.3) is 0 Å². The average molecular weight is 364 g/mol. The summed E-state index contributed by atoms with van der Waals surface area (Å²) in [5.41, 5.74) is 6.51. The van der Waals surface area contributed by atoms with Crippen molar-refractivity contribution in [3.63, 3.8) is 0 Å². The molecule has 0 spiro atoms. The highest BCUT2D eigenvalue weighted by Gasteiger charge is 2.27. The van der Waals surface area contributed by atoms with E-state index >= 15 is 0 Å². The normalized spacial score (nSPS) is 16.6. The maximum atomic E-state index is 5.74. The van der Waals surface area contributed by atoms with Crippen molar-refractivity contribution in [1.29, 1.82) is 0 Å². The summed E-state index contributed by atoms with van der Waals surface area (Å²) >= 11 is 0. The van der Waals surface area contributed by atoms with Crippen LogP contribution in [0.3, 0.4) is 0 Å². The van der Waals surface area contributed by atoms with Crippen molar-refractivity contribution in [1.82, 2.24) is 10.3 Å². The number of aromatic amines is 1. The van der Waals surface area contributed by atoms with E-state index in [1.54, 1.807) is 7.11 Å². The first-order chi connectivity index (χ1) is 13.1. The van der Waals surface area contributed by atoms with Crippen molar-refractivity contribution >= 4 is 10.9 Å².